The van der Waals surface area contributed by atoms with Gasteiger partial charge in [0, 0.05) is 12.8 Å². The van der Waals surface area contributed by atoms with Gasteiger partial charge in [0.2, 0.25) is 0 Å². The van der Waals surface area contributed by atoms with Gasteiger partial charge in [-0.25, -0.2) is 4.57 Å². The lowest BCUT2D eigenvalue weighted by molar-refractivity contribution is -0.161. The van der Waals surface area contributed by atoms with Crippen LogP contribution in [0.3, 0.4) is 0 Å². The van der Waals surface area contributed by atoms with Gasteiger partial charge in [0.1, 0.15) is 6.61 Å². The molecule has 2 N–H and O–H groups in total. The van der Waals surface area contributed by atoms with Gasteiger partial charge in [-0.2, -0.15) is 0 Å². The van der Waals surface area contributed by atoms with Crippen LogP contribution in [0.5, 0.6) is 0 Å². The summed E-state index contributed by atoms with van der Waals surface area (Å²) in [6, 6.07) is 0. The summed E-state index contributed by atoms with van der Waals surface area (Å²) in [6.07, 6.45) is 36.2. The third-order valence-electron chi connectivity index (χ3n) is 7.94. The summed E-state index contributed by atoms with van der Waals surface area (Å²) < 4.78 is 26.2. The Balaban J connectivity index is 3.94. The molecule has 0 saturated heterocycles. The second-order valence-corrected chi connectivity index (χ2v) is 13.8. The van der Waals surface area contributed by atoms with E-state index in [4.69, 9.17) is 19.3 Å². The molecule has 0 aromatic rings. The van der Waals surface area contributed by atoms with Crippen molar-refractivity contribution in [1.82, 2.24) is 0 Å². The lowest BCUT2D eigenvalue weighted by atomic mass is 10.1. The molecule has 270 valence electrons. The Morgan fingerprint density at radius 2 is 0.935 bits per heavy atom. The number of ether oxygens (including phenoxy) is 2. The Bertz CT molecular complexity index is 807. The smallest absolute Gasteiger partial charge is 0.462 e. The number of esters is 2. The van der Waals surface area contributed by atoms with Crippen molar-refractivity contribution in [3.05, 3.63) is 24.3 Å². The second kappa shape index (κ2) is 33.4. The molecule has 0 unspecified atom stereocenters. The van der Waals surface area contributed by atoms with Crippen LogP contribution < -0.4 is 0 Å². The first-order chi connectivity index (χ1) is 22.3. The van der Waals surface area contributed by atoms with E-state index in [1.165, 1.54) is 77.0 Å². The summed E-state index contributed by atoms with van der Waals surface area (Å²) in [5.74, 6) is -0.899. The molecule has 0 spiro atoms. The summed E-state index contributed by atoms with van der Waals surface area (Å²) >= 11 is 0. The van der Waals surface area contributed by atoms with Gasteiger partial charge in [0.05, 0.1) is 6.61 Å². The number of hydrogen-bond acceptors (Lipinski definition) is 6. The Kier molecular flexibility index (Phi) is 32.4. The average molecular weight is 673 g/mol. The van der Waals surface area contributed by atoms with Gasteiger partial charge >= 0.3 is 19.8 Å². The van der Waals surface area contributed by atoms with Gasteiger partial charge in [-0.05, 0) is 57.8 Å². The van der Waals surface area contributed by atoms with Crippen LogP contribution in [0.1, 0.15) is 181 Å². The molecule has 0 amide bonds. The van der Waals surface area contributed by atoms with Gasteiger partial charge in [0.15, 0.2) is 6.10 Å². The predicted molar refractivity (Wildman–Crippen MR) is 189 cm³/mol. The fraction of sp³-hybridized carbons (Fsp3) is 0.838. The second-order valence-electron chi connectivity index (χ2n) is 12.5. The van der Waals surface area contributed by atoms with E-state index < -0.39 is 32.5 Å². The van der Waals surface area contributed by atoms with E-state index in [0.717, 1.165) is 70.6 Å². The SMILES string of the molecule is CCCC/C=C\CCCCCCCC(=O)O[C@H](COC(=O)CCCCCCCCC/C=C\CCCCCCCC)COP(=O)(O)O. The first-order valence-corrected chi connectivity index (χ1v) is 20.2. The summed E-state index contributed by atoms with van der Waals surface area (Å²) in [7, 11) is -4.75. The van der Waals surface area contributed by atoms with Crippen molar-refractivity contribution in [2.24, 2.45) is 0 Å². The lowest BCUT2D eigenvalue weighted by Crippen LogP contribution is -2.29. The maximum atomic E-state index is 12.3. The fourth-order valence-corrected chi connectivity index (χ4v) is 5.47. The molecule has 0 aliphatic carbocycles. The van der Waals surface area contributed by atoms with E-state index in [2.05, 4.69) is 42.7 Å². The maximum Gasteiger partial charge on any atom is 0.469 e. The minimum Gasteiger partial charge on any atom is -0.462 e. The Labute approximate surface area is 281 Å². The molecule has 9 heteroatoms. The molecule has 8 nitrogen and oxygen atoms in total. The molecule has 0 aliphatic heterocycles. The van der Waals surface area contributed by atoms with Crippen LogP contribution in [0, 0.1) is 0 Å². The quantitative estimate of drug-likeness (QED) is 0.0300. The minimum absolute atomic E-state index is 0.202. The molecule has 0 fully saturated rings. The molecule has 0 radical (unpaired) electrons. The van der Waals surface area contributed by atoms with Crippen molar-refractivity contribution >= 4 is 19.8 Å². The fourth-order valence-electron chi connectivity index (χ4n) is 5.11. The van der Waals surface area contributed by atoms with Gasteiger partial charge < -0.3 is 19.3 Å². The minimum atomic E-state index is -4.75. The van der Waals surface area contributed by atoms with Crippen LogP contribution in [0.4, 0.5) is 0 Å². The highest BCUT2D eigenvalue weighted by atomic mass is 31.2. The third-order valence-corrected chi connectivity index (χ3v) is 8.43. The van der Waals surface area contributed by atoms with E-state index in [9.17, 15) is 14.2 Å². The number of unbranched alkanes of at least 4 members (excludes halogenated alkanes) is 20. The molecule has 0 aromatic heterocycles. The molecule has 0 aliphatic rings. The molecule has 0 saturated carbocycles. The first-order valence-electron chi connectivity index (χ1n) is 18.6. The van der Waals surface area contributed by atoms with E-state index in [0.29, 0.717) is 6.42 Å². The van der Waals surface area contributed by atoms with Crippen LogP contribution in [-0.4, -0.2) is 41.0 Å². The number of carbonyl (C=O) groups excluding carboxylic acids is 2. The van der Waals surface area contributed by atoms with Crippen molar-refractivity contribution in [3.63, 3.8) is 0 Å². The number of allylic oxidation sites excluding steroid dienone is 4. The number of hydrogen-bond donors (Lipinski definition) is 2. The first kappa shape index (κ1) is 44.5. The third kappa shape index (κ3) is 35.4. The van der Waals surface area contributed by atoms with E-state index in [-0.39, 0.29) is 19.4 Å². The van der Waals surface area contributed by atoms with Crippen molar-refractivity contribution in [1.29, 1.82) is 0 Å². The standard InChI is InChI=1S/C37H69O8P/c1-3-5-7-9-11-13-15-16-17-18-19-20-22-23-25-27-29-31-36(38)43-33-35(34-44-46(40,41)42)45-37(39)32-30-28-26-24-21-14-12-10-8-6-4-2/h10,12,16-17,35H,3-9,11,13-15,18-34H2,1-2H3,(H2,40,41,42)/b12-10-,17-16-/t35-/m1/s1. The van der Waals surface area contributed by atoms with Crippen LogP contribution in [0.2, 0.25) is 0 Å². The Hall–Kier alpha value is -1.47. The van der Waals surface area contributed by atoms with E-state index >= 15 is 0 Å². The van der Waals surface area contributed by atoms with Crippen molar-refractivity contribution in [2.75, 3.05) is 13.2 Å². The normalized spacial score (nSPS) is 12.7. The van der Waals surface area contributed by atoms with E-state index in [1.54, 1.807) is 0 Å². The van der Waals surface area contributed by atoms with Gasteiger partial charge in [-0.3, -0.25) is 14.1 Å². The number of phosphoric ester groups is 1. The number of rotatable bonds is 34. The van der Waals surface area contributed by atoms with Crippen LogP contribution in [0.25, 0.3) is 0 Å². The lowest BCUT2D eigenvalue weighted by Gasteiger charge is -2.18. The Morgan fingerprint density at radius 1 is 0.543 bits per heavy atom. The Morgan fingerprint density at radius 3 is 1.39 bits per heavy atom. The zero-order chi connectivity index (χ0) is 34.0. The van der Waals surface area contributed by atoms with Gasteiger partial charge in [-0.15, -0.1) is 0 Å². The molecule has 0 bridgehead atoms. The van der Waals surface area contributed by atoms with Crippen LogP contribution in [0.15, 0.2) is 24.3 Å². The zero-order valence-electron chi connectivity index (χ0n) is 29.5. The van der Waals surface area contributed by atoms with Gasteiger partial charge in [0.25, 0.3) is 0 Å². The zero-order valence-corrected chi connectivity index (χ0v) is 30.4. The van der Waals surface area contributed by atoms with Crippen molar-refractivity contribution in [2.45, 2.75) is 187 Å². The highest BCUT2D eigenvalue weighted by molar-refractivity contribution is 7.46. The molecule has 1 atom stereocenters. The maximum absolute atomic E-state index is 12.3. The highest BCUT2D eigenvalue weighted by Crippen LogP contribution is 2.36. The summed E-state index contributed by atoms with van der Waals surface area (Å²) in [4.78, 5) is 42.6. The van der Waals surface area contributed by atoms with E-state index in [1.807, 2.05) is 0 Å². The number of phosphoric acid groups is 1. The molecule has 46 heavy (non-hydrogen) atoms. The van der Waals surface area contributed by atoms with Crippen LogP contribution in [-0.2, 0) is 28.2 Å². The van der Waals surface area contributed by atoms with Gasteiger partial charge in [-0.1, -0.05) is 134 Å². The van der Waals surface area contributed by atoms with Crippen molar-refractivity contribution in [3.8, 4) is 0 Å². The highest BCUT2D eigenvalue weighted by Gasteiger charge is 2.22. The van der Waals surface area contributed by atoms with Crippen LogP contribution >= 0.6 is 7.82 Å². The van der Waals surface area contributed by atoms with Crippen molar-refractivity contribution < 1.29 is 37.9 Å². The topological polar surface area (TPSA) is 119 Å². The molecular weight excluding hydrogens is 603 g/mol. The average Bonchev–Trinajstić information content (AvgIpc) is 3.02. The molecule has 0 rings (SSSR count). The summed E-state index contributed by atoms with van der Waals surface area (Å²) in [5, 5.41) is 0. The molecule has 0 heterocycles. The molecular formula is C37H69O8P. The molecule has 0 aromatic carbocycles. The largest absolute Gasteiger partial charge is 0.469 e. The summed E-state index contributed by atoms with van der Waals surface area (Å²) in [5.41, 5.74) is 0. The summed E-state index contributed by atoms with van der Waals surface area (Å²) in [6.45, 7) is 3.62. The predicted octanol–water partition coefficient (Wildman–Crippen LogP) is 10.8. The number of carbonyl (C=O) groups is 2. The monoisotopic (exact) mass is 672 g/mol.